The normalized spacial score (nSPS) is 19.2. The van der Waals surface area contributed by atoms with E-state index in [9.17, 15) is 0 Å². The van der Waals surface area contributed by atoms with Gasteiger partial charge in [0, 0.05) is 19.3 Å². The van der Waals surface area contributed by atoms with E-state index in [1.807, 2.05) is 17.9 Å². The molecule has 17 heavy (non-hydrogen) atoms. The second-order valence-corrected chi connectivity index (χ2v) is 5.70. The Morgan fingerprint density at radius 2 is 2.18 bits per heavy atom. The van der Waals surface area contributed by atoms with Gasteiger partial charge < -0.3 is 5.32 Å². The van der Waals surface area contributed by atoms with Gasteiger partial charge in [-0.05, 0) is 49.6 Å². The number of rotatable bonds is 7. The molecule has 1 aromatic heterocycles. The Labute approximate surface area is 105 Å². The van der Waals surface area contributed by atoms with Crippen molar-refractivity contribution in [3.63, 3.8) is 0 Å². The van der Waals surface area contributed by atoms with Gasteiger partial charge in [0.05, 0.1) is 6.20 Å². The van der Waals surface area contributed by atoms with Crippen LogP contribution in [0, 0.1) is 11.8 Å². The second-order valence-electron chi connectivity index (χ2n) is 5.70. The van der Waals surface area contributed by atoms with Gasteiger partial charge in [0.2, 0.25) is 0 Å². The smallest absolute Gasteiger partial charge is 0.0521 e. The summed E-state index contributed by atoms with van der Waals surface area (Å²) in [5.74, 6) is 1.55. The van der Waals surface area contributed by atoms with E-state index in [-0.39, 0.29) is 0 Å². The lowest BCUT2D eigenvalue weighted by Crippen LogP contribution is -2.27. The summed E-state index contributed by atoms with van der Waals surface area (Å²) < 4.78 is 1.89. The van der Waals surface area contributed by atoms with Crippen molar-refractivity contribution in [1.29, 1.82) is 0 Å². The fourth-order valence-electron chi connectivity index (χ4n) is 2.12. The zero-order valence-electron chi connectivity index (χ0n) is 11.3. The molecule has 0 aliphatic heterocycles. The fraction of sp³-hybridized carbons (Fsp3) is 0.786. The monoisotopic (exact) mass is 235 g/mol. The Hall–Kier alpha value is -0.830. The molecule has 3 heteroatoms. The van der Waals surface area contributed by atoms with Crippen molar-refractivity contribution in [3.8, 4) is 0 Å². The SMILES string of the molecule is CC(CCc1cnn(C)c1)C(C)CNC1CC1. The standard InChI is InChI=1S/C14H25N3/c1-11(12(2)8-15-14-6-7-14)4-5-13-9-16-17(3)10-13/h9-12,14-15H,4-8H2,1-3H3. The molecule has 1 fully saturated rings. The van der Waals surface area contributed by atoms with Crippen molar-refractivity contribution in [1.82, 2.24) is 15.1 Å². The second kappa shape index (κ2) is 5.67. The molecule has 0 spiro atoms. The third-order valence-electron chi connectivity index (χ3n) is 3.92. The first-order valence-electron chi connectivity index (χ1n) is 6.86. The van der Waals surface area contributed by atoms with E-state index in [0.717, 1.165) is 24.3 Å². The predicted molar refractivity (Wildman–Crippen MR) is 70.9 cm³/mol. The summed E-state index contributed by atoms with van der Waals surface area (Å²) in [7, 11) is 1.98. The van der Waals surface area contributed by atoms with Crippen LogP contribution in [0.2, 0.25) is 0 Å². The quantitative estimate of drug-likeness (QED) is 0.786. The van der Waals surface area contributed by atoms with Gasteiger partial charge in [-0.15, -0.1) is 0 Å². The van der Waals surface area contributed by atoms with E-state index < -0.39 is 0 Å². The van der Waals surface area contributed by atoms with Crippen LogP contribution in [0.1, 0.15) is 38.7 Å². The highest BCUT2D eigenvalue weighted by Crippen LogP contribution is 2.21. The maximum absolute atomic E-state index is 4.21. The number of nitrogens with zero attached hydrogens (tertiary/aromatic N) is 2. The first kappa shape index (κ1) is 12.6. The molecule has 96 valence electrons. The average Bonchev–Trinajstić information content (AvgIpc) is 3.05. The molecule has 2 atom stereocenters. The lowest BCUT2D eigenvalue weighted by Gasteiger charge is -2.20. The third-order valence-corrected chi connectivity index (χ3v) is 3.92. The first-order chi connectivity index (χ1) is 8.15. The minimum absolute atomic E-state index is 0.771. The summed E-state index contributed by atoms with van der Waals surface area (Å²) in [6.07, 6.45) is 9.30. The summed E-state index contributed by atoms with van der Waals surface area (Å²) in [6, 6.07) is 0.836. The van der Waals surface area contributed by atoms with E-state index in [1.54, 1.807) is 0 Å². The van der Waals surface area contributed by atoms with Crippen molar-refractivity contribution in [2.45, 2.75) is 45.6 Å². The molecule has 0 bridgehead atoms. The molecule has 1 aromatic rings. The van der Waals surface area contributed by atoms with Gasteiger partial charge >= 0.3 is 0 Å². The van der Waals surface area contributed by atoms with E-state index in [2.05, 4.69) is 30.5 Å². The van der Waals surface area contributed by atoms with Crippen molar-refractivity contribution in [3.05, 3.63) is 18.0 Å². The van der Waals surface area contributed by atoms with E-state index in [0.29, 0.717) is 0 Å². The molecule has 1 N–H and O–H groups in total. The highest BCUT2D eigenvalue weighted by molar-refractivity contribution is 5.03. The maximum Gasteiger partial charge on any atom is 0.0521 e. The molecule has 1 aliphatic carbocycles. The van der Waals surface area contributed by atoms with E-state index in [1.165, 1.54) is 31.4 Å². The van der Waals surface area contributed by atoms with Crippen LogP contribution in [0.25, 0.3) is 0 Å². The fourth-order valence-corrected chi connectivity index (χ4v) is 2.12. The molecule has 0 amide bonds. The molecule has 1 heterocycles. The van der Waals surface area contributed by atoms with Gasteiger partial charge in [-0.1, -0.05) is 13.8 Å². The van der Waals surface area contributed by atoms with E-state index >= 15 is 0 Å². The van der Waals surface area contributed by atoms with Crippen molar-refractivity contribution >= 4 is 0 Å². The number of nitrogens with one attached hydrogen (secondary N) is 1. The number of aryl methyl sites for hydroxylation is 2. The lowest BCUT2D eigenvalue weighted by molar-refractivity contribution is 0.346. The highest BCUT2D eigenvalue weighted by atomic mass is 15.2. The number of hydrogen-bond donors (Lipinski definition) is 1. The van der Waals surface area contributed by atoms with Crippen molar-refractivity contribution < 1.29 is 0 Å². The van der Waals surface area contributed by atoms with E-state index in [4.69, 9.17) is 0 Å². The Morgan fingerprint density at radius 1 is 1.41 bits per heavy atom. The predicted octanol–water partition coefficient (Wildman–Crippen LogP) is 2.38. The number of aromatic nitrogens is 2. The van der Waals surface area contributed by atoms with Gasteiger partial charge in [0.1, 0.15) is 0 Å². The molecule has 0 aromatic carbocycles. The van der Waals surface area contributed by atoms with Crippen LogP contribution in [-0.4, -0.2) is 22.4 Å². The van der Waals surface area contributed by atoms with Crippen molar-refractivity contribution in [2.75, 3.05) is 6.54 Å². The molecule has 1 saturated carbocycles. The Bertz CT molecular complexity index is 341. The lowest BCUT2D eigenvalue weighted by atomic mass is 9.90. The maximum atomic E-state index is 4.21. The summed E-state index contributed by atoms with van der Waals surface area (Å²) >= 11 is 0. The van der Waals surface area contributed by atoms with Crippen molar-refractivity contribution in [2.24, 2.45) is 18.9 Å². The van der Waals surface area contributed by atoms with Crippen LogP contribution in [0.5, 0.6) is 0 Å². The van der Waals surface area contributed by atoms with Crippen LogP contribution in [0.3, 0.4) is 0 Å². The summed E-state index contributed by atoms with van der Waals surface area (Å²) in [5, 5.41) is 7.83. The summed E-state index contributed by atoms with van der Waals surface area (Å²) in [4.78, 5) is 0. The molecule has 0 radical (unpaired) electrons. The van der Waals surface area contributed by atoms with Crippen LogP contribution in [0.15, 0.2) is 12.4 Å². The Balaban J connectivity index is 1.66. The molecule has 0 saturated heterocycles. The summed E-state index contributed by atoms with van der Waals surface area (Å²) in [6.45, 7) is 5.91. The van der Waals surface area contributed by atoms with Gasteiger partial charge in [-0.2, -0.15) is 5.10 Å². The Morgan fingerprint density at radius 3 is 2.76 bits per heavy atom. The minimum Gasteiger partial charge on any atom is -0.314 e. The third kappa shape index (κ3) is 4.15. The minimum atomic E-state index is 0.771. The van der Waals surface area contributed by atoms with Gasteiger partial charge in [0.15, 0.2) is 0 Å². The zero-order chi connectivity index (χ0) is 12.3. The summed E-state index contributed by atoms with van der Waals surface area (Å²) in [5.41, 5.74) is 1.36. The topological polar surface area (TPSA) is 29.9 Å². The first-order valence-corrected chi connectivity index (χ1v) is 6.86. The molecule has 3 nitrogen and oxygen atoms in total. The zero-order valence-corrected chi connectivity index (χ0v) is 11.3. The Kier molecular flexibility index (Phi) is 4.21. The molecular weight excluding hydrogens is 210 g/mol. The molecule has 1 aliphatic rings. The van der Waals surface area contributed by atoms with Crippen LogP contribution >= 0.6 is 0 Å². The average molecular weight is 235 g/mol. The van der Waals surface area contributed by atoms with Crippen LogP contribution in [-0.2, 0) is 13.5 Å². The molecule has 2 unspecified atom stereocenters. The van der Waals surface area contributed by atoms with Gasteiger partial charge in [-0.3, -0.25) is 4.68 Å². The molecule has 2 rings (SSSR count). The van der Waals surface area contributed by atoms with Gasteiger partial charge in [0.25, 0.3) is 0 Å². The largest absolute Gasteiger partial charge is 0.314 e. The van der Waals surface area contributed by atoms with Gasteiger partial charge in [-0.25, -0.2) is 0 Å². The highest BCUT2D eigenvalue weighted by Gasteiger charge is 2.22. The van der Waals surface area contributed by atoms with Crippen LogP contribution in [0.4, 0.5) is 0 Å². The number of hydrogen-bond acceptors (Lipinski definition) is 2. The van der Waals surface area contributed by atoms with Crippen LogP contribution < -0.4 is 5.32 Å². The molecular formula is C14H25N3.